The third-order valence-electron chi connectivity index (χ3n) is 1.91. The van der Waals surface area contributed by atoms with Crippen LogP contribution in [0, 0.1) is 5.41 Å². The molecule has 0 aromatic heterocycles. The molecule has 15 heavy (non-hydrogen) atoms. The molecule has 0 saturated carbocycles. The summed E-state index contributed by atoms with van der Waals surface area (Å²) in [4.78, 5) is 11.1. The molecule has 0 unspecified atom stereocenters. The average molecular weight is 205 g/mol. The Bertz CT molecular complexity index is 333. The standard InChI is InChI=1S/C12H15NO2/c1-10(13)9-12(14)15-8-7-11-5-3-2-4-6-11/h2-6,13H,7-9H2,1H3. The lowest BCUT2D eigenvalue weighted by Gasteiger charge is -2.03. The second-order valence-corrected chi connectivity index (χ2v) is 3.41. The maximum atomic E-state index is 11.1. The summed E-state index contributed by atoms with van der Waals surface area (Å²) < 4.78 is 4.98. The van der Waals surface area contributed by atoms with E-state index in [9.17, 15) is 4.79 Å². The fraction of sp³-hybridized carbons (Fsp3) is 0.333. The van der Waals surface area contributed by atoms with Gasteiger partial charge in [0.2, 0.25) is 0 Å². The Balaban J connectivity index is 2.22. The van der Waals surface area contributed by atoms with Gasteiger partial charge in [0, 0.05) is 12.1 Å². The van der Waals surface area contributed by atoms with Crippen LogP contribution in [-0.4, -0.2) is 18.3 Å². The number of nitrogens with one attached hydrogen (secondary N) is 1. The maximum absolute atomic E-state index is 11.1. The molecular weight excluding hydrogens is 190 g/mol. The molecule has 0 bridgehead atoms. The molecule has 0 spiro atoms. The van der Waals surface area contributed by atoms with Crippen molar-refractivity contribution in [2.75, 3.05) is 6.61 Å². The quantitative estimate of drug-likeness (QED) is 0.591. The number of hydrogen-bond donors (Lipinski definition) is 1. The zero-order chi connectivity index (χ0) is 11.1. The zero-order valence-electron chi connectivity index (χ0n) is 8.82. The Kier molecular flexibility index (Phi) is 4.54. The minimum absolute atomic E-state index is 0.0921. The van der Waals surface area contributed by atoms with Gasteiger partial charge < -0.3 is 10.1 Å². The van der Waals surface area contributed by atoms with Gasteiger partial charge in [-0.3, -0.25) is 4.79 Å². The highest BCUT2D eigenvalue weighted by Gasteiger charge is 2.03. The summed E-state index contributed by atoms with van der Waals surface area (Å²) in [6.45, 7) is 1.98. The van der Waals surface area contributed by atoms with Gasteiger partial charge in [-0.05, 0) is 12.5 Å². The first-order valence-corrected chi connectivity index (χ1v) is 4.92. The molecule has 0 aliphatic heterocycles. The second-order valence-electron chi connectivity index (χ2n) is 3.41. The van der Waals surface area contributed by atoms with Crippen LogP contribution in [0.25, 0.3) is 0 Å². The molecule has 0 amide bonds. The van der Waals surface area contributed by atoms with Gasteiger partial charge in [-0.15, -0.1) is 0 Å². The topological polar surface area (TPSA) is 50.2 Å². The Morgan fingerprint density at radius 3 is 2.60 bits per heavy atom. The Morgan fingerprint density at radius 1 is 1.33 bits per heavy atom. The number of carbonyl (C=O) groups excluding carboxylic acids is 1. The van der Waals surface area contributed by atoms with Crippen LogP contribution in [0.3, 0.4) is 0 Å². The van der Waals surface area contributed by atoms with E-state index in [0.29, 0.717) is 12.3 Å². The van der Waals surface area contributed by atoms with Gasteiger partial charge in [0.1, 0.15) is 0 Å². The number of carbonyl (C=O) groups is 1. The van der Waals surface area contributed by atoms with Crippen molar-refractivity contribution in [3.05, 3.63) is 35.9 Å². The highest BCUT2D eigenvalue weighted by atomic mass is 16.5. The molecule has 3 heteroatoms. The molecule has 0 heterocycles. The first kappa shape index (κ1) is 11.4. The molecule has 3 nitrogen and oxygen atoms in total. The predicted octanol–water partition coefficient (Wildman–Crippen LogP) is 2.20. The predicted molar refractivity (Wildman–Crippen MR) is 59.1 cm³/mol. The summed E-state index contributed by atoms with van der Waals surface area (Å²) in [6, 6.07) is 9.86. The first-order chi connectivity index (χ1) is 7.18. The molecule has 0 radical (unpaired) electrons. The van der Waals surface area contributed by atoms with Crippen molar-refractivity contribution in [1.82, 2.24) is 0 Å². The van der Waals surface area contributed by atoms with E-state index in [4.69, 9.17) is 10.1 Å². The summed E-state index contributed by atoms with van der Waals surface area (Å²) in [5.74, 6) is -0.321. The Labute approximate surface area is 89.6 Å². The van der Waals surface area contributed by atoms with Gasteiger partial charge >= 0.3 is 5.97 Å². The second kappa shape index (κ2) is 5.96. The van der Waals surface area contributed by atoms with Crippen LogP contribution >= 0.6 is 0 Å². The molecule has 80 valence electrons. The summed E-state index contributed by atoms with van der Waals surface area (Å²) in [6.07, 6.45) is 0.818. The first-order valence-electron chi connectivity index (χ1n) is 4.92. The van der Waals surface area contributed by atoms with E-state index >= 15 is 0 Å². The van der Waals surface area contributed by atoms with E-state index in [1.54, 1.807) is 6.92 Å². The van der Waals surface area contributed by atoms with Crippen LogP contribution in [0.5, 0.6) is 0 Å². The van der Waals surface area contributed by atoms with Crippen molar-refractivity contribution in [1.29, 1.82) is 5.41 Å². The molecule has 1 N–H and O–H groups in total. The van der Waals surface area contributed by atoms with E-state index in [2.05, 4.69) is 0 Å². The van der Waals surface area contributed by atoms with Crippen LogP contribution in [0.4, 0.5) is 0 Å². The molecule has 1 aromatic carbocycles. The molecule has 0 fully saturated rings. The Morgan fingerprint density at radius 2 is 2.00 bits per heavy atom. The van der Waals surface area contributed by atoms with Crippen molar-refractivity contribution in [3.63, 3.8) is 0 Å². The number of benzene rings is 1. The van der Waals surface area contributed by atoms with Gasteiger partial charge in [0.15, 0.2) is 0 Å². The number of esters is 1. The average Bonchev–Trinajstić information content (AvgIpc) is 2.18. The summed E-state index contributed by atoms with van der Waals surface area (Å²) in [7, 11) is 0. The lowest BCUT2D eigenvalue weighted by molar-refractivity contribution is -0.142. The van der Waals surface area contributed by atoms with Gasteiger partial charge in [-0.1, -0.05) is 30.3 Å². The van der Waals surface area contributed by atoms with E-state index in [-0.39, 0.29) is 12.4 Å². The Hall–Kier alpha value is -1.64. The lowest BCUT2D eigenvalue weighted by Crippen LogP contribution is -2.10. The molecule has 0 aliphatic rings. The highest BCUT2D eigenvalue weighted by molar-refractivity contribution is 5.95. The van der Waals surface area contributed by atoms with Crippen LogP contribution in [0.15, 0.2) is 30.3 Å². The third-order valence-corrected chi connectivity index (χ3v) is 1.91. The summed E-state index contributed by atoms with van der Waals surface area (Å²) >= 11 is 0. The van der Waals surface area contributed by atoms with E-state index in [1.165, 1.54) is 0 Å². The third kappa shape index (κ3) is 4.96. The van der Waals surface area contributed by atoms with Gasteiger partial charge in [0.05, 0.1) is 13.0 Å². The monoisotopic (exact) mass is 205 g/mol. The SMILES string of the molecule is CC(=N)CC(=O)OCCc1ccccc1. The van der Waals surface area contributed by atoms with Gasteiger partial charge in [-0.25, -0.2) is 0 Å². The van der Waals surface area contributed by atoms with E-state index in [0.717, 1.165) is 12.0 Å². The van der Waals surface area contributed by atoms with E-state index < -0.39 is 0 Å². The molecular formula is C12H15NO2. The highest BCUT2D eigenvalue weighted by Crippen LogP contribution is 2.00. The molecule has 1 aromatic rings. The summed E-state index contributed by atoms with van der Waals surface area (Å²) in [5.41, 5.74) is 1.48. The van der Waals surface area contributed by atoms with Crippen LogP contribution in [-0.2, 0) is 16.0 Å². The minimum atomic E-state index is -0.321. The fourth-order valence-corrected chi connectivity index (χ4v) is 1.19. The van der Waals surface area contributed by atoms with Crippen molar-refractivity contribution in [2.45, 2.75) is 19.8 Å². The maximum Gasteiger partial charge on any atom is 0.311 e. The van der Waals surface area contributed by atoms with E-state index in [1.807, 2.05) is 30.3 Å². The largest absolute Gasteiger partial charge is 0.465 e. The zero-order valence-corrected chi connectivity index (χ0v) is 8.82. The van der Waals surface area contributed by atoms with Gasteiger partial charge in [0.25, 0.3) is 0 Å². The van der Waals surface area contributed by atoms with Crippen LogP contribution in [0.2, 0.25) is 0 Å². The molecule has 0 aliphatic carbocycles. The molecule has 0 saturated heterocycles. The molecule has 0 atom stereocenters. The smallest absolute Gasteiger partial charge is 0.311 e. The minimum Gasteiger partial charge on any atom is -0.465 e. The number of ether oxygens (including phenoxy) is 1. The van der Waals surface area contributed by atoms with Crippen LogP contribution in [0.1, 0.15) is 18.9 Å². The van der Waals surface area contributed by atoms with Crippen LogP contribution < -0.4 is 0 Å². The fourth-order valence-electron chi connectivity index (χ4n) is 1.19. The summed E-state index contributed by atoms with van der Waals surface area (Å²) in [5, 5.41) is 7.12. The lowest BCUT2D eigenvalue weighted by atomic mass is 10.2. The van der Waals surface area contributed by atoms with Crippen molar-refractivity contribution < 1.29 is 9.53 Å². The number of hydrogen-bond acceptors (Lipinski definition) is 3. The molecule has 1 rings (SSSR count). The number of rotatable bonds is 5. The van der Waals surface area contributed by atoms with Gasteiger partial charge in [-0.2, -0.15) is 0 Å². The van der Waals surface area contributed by atoms with Crippen molar-refractivity contribution >= 4 is 11.7 Å². The van der Waals surface area contributed by atoms with Crippen molar-refractivity contribution in [3.8, 4) is 0 Å². The normalized spacial score (nSPS) is 9.67. The van der Waals surface area contributed by atoms with Crippen molar-refractivity contribution in [2.24, 2.45) is 0 Å².